The molecule has 0 amide bonds. The zero-order chi connectivity index (χ0) is 10.5. The summed E-state index contributed by atoms with van der Waals surface area (Å²) in [4.78, 5) is 4.11. The van der Waals surface area contributed by atoms with Crippen molar-refractivity contribution in [2.75, 3.05) is 25.1 Å². The fourth-order valence-corrected chi connectivity index (χ4v) is 2.22. The molecule has 4 heteroatoms. The van der Waals surface area contributed by atoms with Gasteiger partial charge in [0.15, 0.2) is 0 Å². The minimum atomic E-state index is 0.648. The van der Waals surface area contributed by atoms with E-state index in [1.807, 2.05) is 18.5 Å². The Hall–Kier alpha value is -0.360. The molecule has 1 fully saturated rings. The Morgan fingerprint density at radius 2 is 2.53 bits per heavy atom. The normalized spacial score (nSPS) is 21.3. The Morgan fingerprint density at radius 3 is 3.27 bits per heavy atom. The van der Waals surface area contributed by atoms with Crippen molar-refractivity contribution in [2.24, 2.45) is 5.92 Å². The Bertz CT molecular complexity index is 313. The zero-order valence-electron chi connectivity index (χ0n) is 8.58. The molecular formula is C11H15IN2O. The van der Waals surface area contributed by atoms with Crippen molar-refractivity contribution in [3.8, 4) is 0 Å². The maximum Gasteiger partial charge on any atom is 0.0662 e. The van der Waals surface area contributed by atoms with Crippen LogP contribution in [0.4, 0.5) is 5.69 Å². The number of nitrogens with one attached hydrogen (secondary N) is 1. The van der Waals surface area contributed by atoms with Crippen LogP contribution in [0.2, 0.25) is 0 Å². The van der Waals surface area contributed by atoms with Crippen molar-refractivity contribution < 1.29 is 4.74 Å². The summed E-state index contributed by atoms with van der Waals surface area (Å²) in [5.41, 5.74) is 1.13. The first-order valence-corrected chi connectivity index (χ1v) is 6.35. The van der Waals surface area contributed by atoms with E-state index in [4.69, 9.17) is 4.74 Å². The molecule has 1 atom stereocenters. The third kappa shape index (κ3) is 3.31. The molecule has 0 spiro atoms. The van der Waals surface area contributed by atoms with Crippen molar-refractivity contribution >= 4 is 28.3 Å². The SMILES string of the molecule is Ic1ccncc1NCC1CCCOC1. The minimum absolute atomic E-state index is 0.648. The smallest absolute Gasteiger partial charge is 0.0662 e. The number of anilines is 1. The van der Waals surface area contributed by atoms with Crippen LogP contribution in [0.1, 0.15) is 12.8 Å². The molecule has 0 aliphatic carbocycles. The first kappa shape index (κ1) is 11.1. The van der Waals surface area contributed by atoms with Crippen LogP contribution >= 0.6 is 22.6 Å². The van der Waals surface area contributed by atoms with E-state index in [9.17, 15) is 0 Å². The number of nitrogens with zero attached hydrogens (tertiary/aromatic N) is 1. The van der Waals surface area contributed by atoms with E-state index in [1.54, 1.807) is 0 Å². The molecule has 1 aliphatic rings. The first-order valence-electron chi connectivity index (χ1n) is 5.27. The largest absolute Gasteiger partial charge is 0.383 e. The van der Waals surface area contributed by atoms with Crippen molar-refractivity contribution in [1.29, 1.82) is 0 Å². The van der Waals surface area contributed by atoms with Gasteiger partial charge >= 0.3 is 0 Å². The van der Waals surface area contributed by atoms with Crippen LogP contribution < -0.4 is 5.32 Å². The molecule has 0 radical (unpaired) electrons. The summed E-state index contributed by atoms with van der Waals surface area (Å²) in [7, 11) is 0. The van der Waals surface area contributed by atoms with Crippen LogP contribution in [-0.4, -0.2) is 24.7 Å². The Balaban J connectivity index is 1.84. The molecule has 2 heterocycles. The molecule has 0 bridgehead atoms. The lowest BCUT2D eigenvalue weighted by molar-refractivity contribution is 0.0595. The Kier molecular flexibility index (Phi) is 4.19. The molecule has 2 rings (SSSR count). The molecule has 1 N–H and O–H groups in total. The van der Waals surface area contributed by atoms with Gasteiger partial charge in [-0.1, -0.05) is 0 Å². The van der Waals surface area contributed by atoms with Crippen LogP contribution in [0.5, 0.6) is 0 Å². The van der Waals surface area contributed by atoms with Gasteiger partial charge in [-0.25, -0.2) is 0 Å². The van der Waals surface area contributed by atoms with Gasteiger partial charge in [0.1, 0.15) is 0 Å². The van der Waals surface area contributed by atoms with E-state index in [2.05, 4.69) is 32.9 Å². The number of aromatic nitrogens is 1. The zero-order valence-corrected chi connectivity index (χ0v) is 10.7. The van der Waals surface area contributed by atoms with Gasteiger partial charge in [0, 0.05) is 22.9 Å². The van der Waals surface area contributed by atoms with Crippen LogP contribution in [0.25, 0.3) is 0 Å². The third-order valence-corrected chi connectivity index (χ3v) is 3.54. The lowest BCUT2D eigenvalue weighted by Gasteiger charge is -2.22. The van der Waals surface area contributed by atoms with Gasteiger partial charge in [-0.15, -0.1) is 0 Å². The molecule has 1 aromatic rings. The van der Waals surface area contributed by atoms with Crippen LogP contribution in [0.3, 0.4) is 0 Å². The lowest BCUT2D eigenvalue weighted by Crippen LogP contribution is -2.24. The standard InChI is InChI=1S/C11H15IN2O/c12-10-3-4-13-7-11(10)14-6-9-2-1-5-15-8-9/h3-4,7,9,14H,1-2,5-6,8H2. The molecule has 1 saturated heterocycles. The summed E-state index contributed by atoms with van der Waals surface area (Å²) < 4.78 is 6.66. The summed E-state index contributed by atoms with van der Waals surface area (Å²) in [6.07, 6.45) is 6.16. The molecule has 0 saturated carbocycles. The number of rotatable bonds is 3. The van der Waals surface area contributed by atoms with E-state index in [0.29, 0.717) is 5.92 Å². The summed E-state index contributed by atoms with van der Waals surface area (Å²) in [5, 5.41) is 3.43. The van der Waals surface area contributed by atoms with Crippen LogP contribution in [0, 0.1) is 9.49 Å². The first-order chi connectivity index (χ1) is 7.36. The second-order valence-electron chi connectivity index (χ2n) is 3.82. The highest BCUT2D eigenvalue weighted by molar-refractivity contribution is 14.1. The molecule has 15 heavy (non-hydrogen) atoms. The Labute approximate surface area is 104 Å². The lowest BCUT2D eigenvalue weighted by atomic mass is 10.0. The van der Waals surface area contributed by atoms with Crippen molar-refractivity contribution in [3.63, 3.8) is 0 Å². The van der Waals surface area contributed by atoms with Gasteiger partial charge in [0.2, 0.25) is 0 Å². The predicted octanol–water partition coefficient (Wildman–Crippen LogP) is 2.52. The number of pyridine rings is 1. The summed E-state index contributed by atoms with van der Waals surface area (Å²) >= 11 is 2.32. The van der Waals surface area contributed by atoms with Crippen molar-refractivity contribution in [3.05, 3.63) is 22.0 Å². The Morgan fingerprint density at radius 1 is 1.60 bits per heavy atom. The van der Waals surface area contributed by atoms with Crippen LogP contribution in [-0.2, 0) is 4.74 Å². The summed E-state index contributed by atoms with van der Waals surface area (Å²) in [6, 6.07) is 2.01. The van der Waals surface area contributed by atoms with Gasteiger partial charge in [0.25, 0.3) is 0 Å². The summed E-state index contributed by atoms with van der Waals surface area (Å²) in [5.74, 6) is 0.648. The maximum atomic E-state index is 5.44. The molecule has 82 valence electrons. The highest BCUT2D eigenvalue weighted by atomic mass is 127. The number of ether oxygens (including phenoxy) is 1. The van der Waals surface area contributed by atoms with Crippen LogP contribution in [0.15, 0.2) is 18.5 Å². The molecular weight excluding hydrogens is 303 g/mol. The molecule has 1 aliphatic heterocycles. The monoisotopic (exact) mass is 318 g/mol. The van der Waals surface area contributed by atoms with E-state index in [1.165, 1.54) is 16.4 Å². The molecule has 0 aromatic carbocycles. The highest BCUT2D eigenvalue weighted by Gasteiger charge is 2.13. The molecule has 3 nitrogen and oxygen atoms in total. The predicted molar refractivity (Wildman–Crippen MR) is 69.0 cm³/mol. The average molecular weight is 318 g/mol. The van der Waals surface area contributed by atoms with Crippen molar-refractivity contribution in [1.82, 2.24) is 4.98 Å². The highest BCUT2D eigenvalue weighted by Crippen LogP contribution is 2.18. The minimum Gasteiger partial charge on any atom is -0.383 e. The van der Waals surface area contributed by atoms with E-state index in [0.717, 1.165) is 25.4 Å². The third-order valence-electron chi connectivity index (χ3n) is 2.60. The number of hydrogen-bond donors (Lipinski definition) is 1. The fraction of sp³-hybridized carbons (Fsp3) is 0.545. The van der Waals surface area contributed by atoms with Gasteiger partial charge in [-0.05, 0) is 47.4 Å². The average Bonchev–Trinajstić information content (AvgIpc) is 2.29. The second-order valence-corrected chi connectivity index (χ2v) is 4.98. The maximum absolute atomic E-state index is 5.44. The van der Waals surface area contributed by atoms with Crippen molar-refractivity contribution in [2.45, 2.75) is 12.8 Å². The van der Waals surface area contributed by atoms with Gasteiger partial charge in [0.05, 0.1) is 18.5 Å². The van der Waals surface area contributed by atoms with E-state index < -0.39 is 0 Å². The second kappa shape index (κ2) is 5.65. The molecule has 1 unspecified atom stereocenters. The summed E-state index contributed by atoms with van der Waals surface area (Å²) in [6.45, 7) is 2.81. The quantitative estimate of drug-likeness (QED) is 0.870. The van der Waals surface area contributed by atoms with E-state index in [-0.39, 0.29) is 0 Å². The topological polar surface area (TPSA) is 34.2 Å². The van der Waals surface area contributed by atoms with E-state index >= 15 is 0 Å². The van der Waals surface area contributed by atoms with Gasteiger partial charge in [-0.2, -0.15) is 0 Å². The van der Waals surface area contributed by atoms with Gasteiger partial charge < -0.3 is 10.1 Å². The van der Waals surface area contributed by atoms with Gasteiger partial charge in [-0.3, -0.25) is 4.98 Å². The number of halogens is 1. The fourth-order valence-electron chi connectivity index (χ4n) is 1.73. The molecule has 1 aromatic heterocycles. The number of hydrogen-bond acceptors (Lipinski definition) is 3.